The lowest BCUT2D eigenvalue weighted by Gasteiger charge is -2.04. The molecule has 18 heavy (non-hydrogen) atoms. The number of fused-ring (bicyclic) bond motifs is 1. The predicted octanol–water partition coefficient (Wildman–Crippen LogP) is 2.24. The SMILES string of the molecule is COC(=O)c1cccc2nnc(-c3cccs3)n12. The van der Waals surface area contributed by atoms with E-state index < -0.39 is 5.97 Å². The molecule has 0 N–H and O–H groups in total. The number of ether oxygens (including phenoxy) is 1. The summed E-state index contributed by atoms with van der Waals surface area (Å²) in [5, 5.41) is 10.2. The molecule has 0 saturated heterocycles. The first-order valence-corrected chi connectivity index (χ1v) is 6.15. The third-order valence-corrected chi connectivity index (χ3v) is 3.43. The second-order valence-electron chi connectivity index (χ2n) is 3.60. The molecule has 5 nitrogen and oxygen atoms in total. The average Bonchev–Trinajstić information content (AvgIpc) is 3.05. The number of esters is 1. The molecule has 0 bridgehead atoms. The van der Waals surface area contributed by atoms with Crippen LogP contribution in [0, 0.1) is 0 Å². The van der Waals surface area contributed by atoms with Gasteiger partial charge in [0, 0.05) is 0 Å². The molecule has 0 aromatic carbocycles. The van der Waals surface area contributed by atoms with Crippen LogP contribution in [0.2, 0.25) is 0 Å². The highest BCUT2D eigenvalue weighted by atomic mass is 32.1. The average molecular weight is 259 g/mol. The Morgan fingerprint density at radius 2 is 2.17 bits per heavy atom. The van der Waals surface area contributed by atoms with Crippen molar-refractivity contribution in [3.8, 4) is 10.7 Å². The minimum Gasteiger partial charge on any atom is -0.464 e. The van der Waals surface area contributed by atoms with Crippen LogP contribution in [-0.4, -0.2) is 27.7 Å². The quantitative estimate of drug-likeness (QED) is 0.662. The molecule has 0 unspecified atom stereocenters. The fourth-order valence-electron chi connectivity index (χ4n) is 1.77. The number of pyridine rings is 1. The Balaban J connectivity index is 2.31. The Morgan fingerprint density at radius 1 is 1.28 bits per heavy atom. The minimum absolute atomic E-state index is 0.404. The molecule has 3 aromatic heterocycles. The third-order valence-electron chi connectivity index (χ3n) is 2.56. The van der Waals surface area contributed by atoms with Gasteiger partial charge in [-0.25, -0.2) is 4.79 Å². The molecular weight excluding hydrogens is 250 g/mol. The molecule has 0 aliphatic heterocycles. The van der Waals surface area contributed by atoms with E-state index in [9.17, 15) is 4.79 Å². The number of carbonyl (C=O) groups excluding carboxylic acids is 1. The molecule has 3 aromatic rings. The highest BCUT2D eigenvalue weighted by Crippen LogP contribution is 2.24. The zero-order valence-electron chi connectivity index (χ0n) is 9.53. The van der Waals surface area contributed by atoms with E-state index in [1.54, 1.807) is 33.9 Å². The van der Waals surface area contributed by atoms with Gasteiger partial charge in [-0.1, -0.05) is 12.1 Å². The zero-order chi connectivity index (χ0) is 12.5. The molecule has 0 fully saturated rings. The second kappa shape index (κ2) is 4.23. The van der Waals surface area contributed by atoms with Crippen molar-refractivity contribution in [1.29, 1.82) is 0 Å². The molecule has 0 aliphatic rings. The lowest BCUT2D eigenvalue weighted by atomic mass is 10.3. The van der Waals surface area contributed by atoms with Gasteiger partial charge >= 0.3 is 5.97 Å². The van der Waals surface area contributed by atoms with E-state index in [1.807, 2.05) is 17.5 Å². The van der Waals surface area contributed by atoms with Crippen molar-refractivity contribution >= 4 is 23.0 Å². The number of nitrogens with zero attached hydrogens (tertiary/aromatic N) is 3. The maximum absolute atomic E-state index is 11.8. The number of rotatable bonds is 2. The van der Waals surface area contributed by atoms with Crippen LogP contribution in [0.5, 0.6) is 0 Å². The van der Waals surface area contributed by atoms with E-state index in [0.29, 0.717) is 17.2 Å². The Morgan fingerprint density at radius 3 is 2.89 bits per heavy atom. The number of hydrogen-bond donors (Lipinski definition) is 0. The van der Waals surface area contributed by atoms with Gasteiger partial charge in [-0.2, -0.15) is 0 Å². The smallest absolute Gasteiger partial charge is 0.355 e. The molecule has 90 valence electrons. The third kappa shape index (κ3) is 1.58. The summed E-state index contributed by atoms with van der Waals surface area (Å²) in [7, 11) is 1.36. The van der Waals surface area contributed by atoms with Gasteiger partial charge in [0.25, 0.3) is 0 Å². The molecule has 3 heterocycles. The molecule has 0 radical (unpaired) electrons. The fraction of sp³-hybridized carbons (Fsp3) is 0.0833. The first-order valence-electron chi connectivity index (χ1n) is 5.27. The van der Waals surface area contributed by atoms with E-state index in [1.165, 1.54) is 7.11 Å². The van der Waals surface area contributed by atoms with Gasteiger partial charge in [0.2, 0.25) is 0 Å². The lowest BCUT2D eigenvalue weighted by Crippen LogP contribution is -2.08. The maximum atomic E-state index is 11.8. The number of carbonyl (C=O) groups is 1. The summed E-state index contributed by atoms with van der Waals surface area (Å²) >= 11 is 1.55. The van der Waals surface area contributed by atoms with Crippen molar-refractivity contribution in [2.75, 3.05) is 7.11 Å². The first-order chi connectivity index (χ1) is 8.81. The van der Waals surface area contributed by atoms with Crippen molar-refractivity contribution in [3.05, 3.63) is 41.4 Å². The first kappa shape index (κ1) is 10.9. The summed E-state index contributed by atoms with van der Waals surface area (Å²) in [6.45, 7) is 0. The summed E-state index contributed by atoms with van der Waals surface area (Å²) in [4.78, 5) is 12.7. The summed E-state index contributed by atoms with van der Waals surface area (Å²) in [6, 6.07) is 9.13. The highest BCUT2D eigenvalue weighted by Gasteiger charge is 2.16. The molecule has 0 spiro atoms. The van der Waals surface area contributed by atoms with E-state index in [0.717, 1.165) is 4.88 Å². The molecular formula is C12H9N3O2S. The van der Waals surface area contributed by atoms with Crippen LogP contribution in [0.4, 0.5) is 0 Å². The van der Waals surface area contributed by atoms with Gasteiger partial charge in [-0.05, 0) is 23.6 Å². The van der Waals surface area contributed by atoms with Crippen LogP contribution >= 0.6 is 11.3 Å². The van der Waals surface area contributed by atoms with Crippen LogP contribution in [0.3, 0.4) is 0 Å². The van der Waals surface area contributed by atoms with Crippen molar-refractivity contribution in [2.45, 2.75) is 0 Å². The van der Waals surface area contributed by atoms with E-state index in [-0.39, 0.29) is 0 Å². The molecule has 6 heteroatoms. The van der Waals surface area contributed by atoms with Crippen LogP contribution in [0.1, 0.15) is 10.5 Å². The fourth-order valence-corrected chi connectivity index (χ4v) is 2.47. The van der Waals surface area contributed by atoms with Crippen molar-refractivity contribution in [2.24, 2.45) is 0 Å². The Hall–Kier alpha value is -2.21. The normalized spacial score (nSPS) is 10.7. The number of aromatic nitrogens is 3. The van der Waals surface area contributed by atoms with Crippen molar-refractivity contribution < 1.29 is 9.53 Å². The number of hydrogen-bond acceptors (Lipinski definition) is 5. The minimum atomic E-state index is -0.404. The predicted molar refractivity (Wildman–Crippen MR) is 67.6 cm³/mol. The summed E-state index contributed by atoms with van der Waals surface area (Å²) in [6.07, 6.45) is 0. The van der Waals surface area contributed by atoms with Gasteiger partial charge in [-0.3, -0.25) is 4.40 Å². The Bertz CT molecular complexity index is 703. The Labute approximate surface area is 107 Å². The summed E-state index contributed by atoms with van der Waals surface area (Å²) < 4.78 is 6.48. The van der Waals surface area contributed by atoms with E-state index >= 15 is 0 Å². The zero-order valence-corrected chi connectivity index (χ0v) is 10.3. The second-order valence-corrected chi connectivity index (χ2v) is 4.54. The highest BCUT2D eigenvalue weighted by molar-refractivity contribution is 7.13. The summed E-state index contributed by atoms with van der Waals surface area (Å²) in [5.41, 5.74) is 1.05. The van der Waals surface area contributed by atoms with Gasteiger partial charge in [0.1, 0.15) is 5.69 Å². The standard InChI is InChI=1S/C12H9N3O2S/c1-17-12(16)8-4-2-6-10-13-14-11(15(8)10)9-5-3-7-18-9/h2-7H,1H3. The van der Waals surface area contributed by atoms with Crippen LogP contribution in [0.15, 0.2) is 35.7 Å². The van der Waals surface area contributed by atoms with Crippen molar-refractivity contribution in [1.82, 2.24) is 14.6 Å². The van der Waals surface area contributed by atoms with Crippen LogP contribution in [0.25, 0.3) is 16.3 Å². The van der Waals surface area contributed by atoms with Crippen molar-refractivity contribution in [3.63, 3.8) is 0 Å². The van der Waals surface area contributed by atoms with Crippen LogP contribution < -0.4 is 0 Å². The van der Waals surface area contributed by atoms with Crippen LogP contribution in [-0.2, 0) is 4.74 Å². The largest absolute Gasteiger partial charge is 0.464 e. The van der Waals surface area contributed by atoms with Gasteiger partial charge in [0.15, 0.2) is 11.5 Å². The van der Waals surface area contributed by atoms with Gasteiger partial charge < -0.3 is 4.74 Å². The molecule has 0 saturated carbocycles. The van der Waals surface area contributed by atoms with Gasteiger partial charge in [0.05, 0.1) is 12.0 Å². The summed E-state index contributed by atoms with van der Waals surface area (Å²) in [5.74, 6) is 0.249. The topological polar surface area (TPSA) is 56.5 Å². The monoisotopic (exact) mass is 259 g/mol. The van der Waals surface area contributed by atoms with E-state index in [4.69, 9.17) is 4.74 Å². The number of methoxy groups -OCH3 is 1. The molecule has 3 rings (SSSR count). The van der Waals surface area contributed by atoms with E-state index in [2.05, 4.69) is 10.2 Å². The maximum Gasteiger partial charge on any atom is 0.355 e. The molecule has 0 amide bonds. The molecule has 0 atom stereocenters. The molecule has 0 aliphatic carbocycles. The number of thiophene rings is 1. The Kier molecular flexibility index (Phi) is 2.56. The van der Waals surface area contributed by atoms with Gasteiger partial charge in [-0.15, -0.1) is 21.5 Å². The lowest BCUT2D eigenvalue weighted by molar-refractivity contribution is 0.0592.